The molecule has 0 unspecified atom stereocenters. The van der Waals surface area contributed by atoms with Crippen LogP contribution in [-0.4, -0.2) is 14.7 Å². The van der Waals surface area contributed by atoms with Crippen LogP contribution in [0.15, 0.2) is 97.5 Å². The molecular weight excluding hydrogens is 368 g/mol. The molecule has 144 valence electrons. The molecule has 4 rings (SSSR count). The summed E-state index contributed by atoms with van der Waals surface area (Å²) in [4.78, 5) is 1.96. The lowest BCUT2D eigenvalue weighted by Gasteiger charge is -2.28. The maximum atomic E-state index is 13.3. The quantitative estimate of drug-likeness (QED) is 0.553. The molecule has 2 aromatic carbocycles. The van der Waals surface area contributed by atoms with Crippen LogP contribution in [-0.2, 0) is 0 Å². The van der Waals surface area contributed by atoms with Gasteiger partial charge < -0.3 is 4.90 Å². The lowest BCUT2D eigenvalue weighted by molar-refractivity contribution is 0.626. The van der Waals surface area contributed by atoms with Crippen molar-refractivity contribution in [1.29, 1.82) is 0 Å². The molecule has 0 saturated carbocycles. The molecule has 0 atom stereocenters. The second-order valence-corrected chi connectivity index (χ2v) is 6.56. The fourth-order valence-electron chi connectivity index (χ4n) is 3.28. The number of rotatable bonds is 4. The van der Waals surface area contributed by atoms with Gasteiger partial charge in [-0.25, -0.2) is 13.5 Å². The van der Waals surface area contributed by atoms with Crippen molar-refractivity contribution >= 4 is 11.3 Å². The van der Waals surface area contributed by atoms with Gasteiger partial charge in [0.05, 0.1) is 17.6 Å². The van der Waals surface area contributed by atoms with Crippen molar-refractivity contribution < 1.29 is 8.78 Å². The predicted octanol–water partition coefficient (Wildman–Crippen LogP) is 5.94. The van der Waals surface area contributed by atoms with E-state index in [0.717, 1.165) is 33.9 Å². The summed E-state index contributed by atoms with van der Waals surface area (Å²) >= 11 is 0. The highest BCUT2D eigenvalue weighted by atomic mass is 19.1. The van der Waals surface area contributed by atoms with Crippen LogP contribution in [0, 0.1) is 11.6 Å². The van der Waals surface area contributed by atoms with E-state index in [0.29, 0.717) is 0 Å². The van der Waals surface area contributed by atoms with Gasteiger partial charge >= 0.3 is 0 Å². The monoisotopic (exact) mass is 387 g/mol. The highest BCUT2D eigenvalue weighted by molar-refractivity contribution is 5.79. The van der Waals surface area contributed by atoms with E-state index in [-0.39, 0.29) is 11.6 Å². The number of nitrogens with zero attached hydrogens (tertiary/aromatic N) is 3. The van der Waals surface area contributed by atoms with Gasteiger partial charge in [-0.1, -0.05) is 12.7 Å². The molecule has 0 N–H and O–H groups in total. The van der Waals surface area contributed by atoms with Crippen LogP contribution in [0.3, 0.4) is 0 Å². The first-order valence-electron chi connectivity index (χ1n) is 9.17. The molecule has 1 aliphatic heterocycles. The zero-order valence-corrected chi connectivity index (χ0v) is 15.9. The van der Waals surface area contributed by atoms with Crippen LogP contribution >= 0.6 is 0 Å². The molecule has 1 aromatic heterocycles. The van der Waals surface area contributed by atoms with Gasteiger partial charge in [0.1, 0.15) is 11.6 Å². The van der Waals surface area contributed by atoms with Crippen molar-refractivity contribution in [3.05, 3.63) is 120 Å². The smallest absolute Gasteiger partial charge is 0.123 e. The van der Waals surface area contributed by atoms with Crippen LogP contribution < -0.4 is 0 Å². The fourth-order valence-corrected chi connectivity index (χ4v) is 3.28. The third kappa shape index (κ3) is 3.67. The highest BCUT2D eigenvalue weighted by Gasteiger charge is 2.18. The van der Waals surface area contributed by atoms with Crippen LogP contribution in [0.25, 0.3) is 17.0 Å². The fraction of sp³-hybridized carbons (Fsp3) is 0.0417. The summed E-state index contributed by atoms with van der Waals surface area (Å²) < 4.78 is 28.4. The zero-order valence-electron chi connectivity index (χ0n) is 15.9. The van der Waals surface area contributed by atoms with Gasteiger partial charge in [0.2, 0.25) is 0 Å². The van der Waals surface area contributed by atoms with Gasteiger partial charge in [0.25, 0.3) is 0 Å². The molecule has 0 saturated heterocycles. The molecule has 5 heteroatoms. The first-order chi connectivity index (χ1) is 14.1. The number of hydrogen-bond acceptors (Lipinski definition) is 2. The van der Waals surface area contributed by atoms with Gasteiger partial charge in [0.15, 0.2) is 0 Å². The number of aromatic nitrogens is 2. The summed E-state index contributed by atoms with van der Waals surface area (Å²) in [5, 5.41) is 4.39. The first kappa shape index (κ1) is 18.6. The van der Waals surface area contributed by atoms with Gasteiger partial charge in [-0.15, -0.1) is 0 Å². The SMILES string of the molecule is C=C1C=CC(c2ccnn2-c2ccc(F)cc2)=CN1/C(=C\C)c1ccc(F)cc1. The van der Waals surface area contributed by atoms with E-state index in [1.165, 1.54) is 24.3 Å². The van der Waals surface area contributed by atoms with E-state index in [1.807, 2.05) is 42.3 Å². The molecule has 0 spiro atoms. The zero-order chi connectivity index (χ0) is 20.4. The third-order valence-corrected chi connectivity index (χ3v) is 4.72. The summed E-state index contributed by atoms with van der Waals surface area (Å²) in [6.07, 6.45) is 9.52. The predicted molar refractivity (Wildman–Crippen MR) is 112 cm³/mol. The van der Waals surface area contributed by atoms with Crippen LogP contribution in [0.5, 0.6) is 0 Å². The second-order valence-electron chi connectivity index (χ2n) is 6.56. The van der Waals surface area contributed by atoms with Crippen molar-refractivity contribution in [2.75, 3.05) is 0 Å². The number of benzene rings is 2. The Morgan fingerprint density at radius 1 is 0.931 bits per heavy atom. The first-order valence-corrected chi connectivity index (χ1v) is 9.17. The third-order valence-electron chi connectivity index (χ3n) is 4.72. The van der Waals surface area contributed by atoms with Crippen molar-refractivity contribution in [1.82, 2.24) is 14.7 Å². The Morgan fingerprint density at radius 2 is 1.59 bits per heavy atom. The molecule has 2 heterocycles. The minimum Gasteiger partial charge on any atom is -0.317 e. The summed E-state index contributed by atoms with van der Waals surface area (Å²) in [6, 6.07) is 14.5. The van der Waals surface area contributed by atoms with E-state index in [2.05, 4.69) is 11.7 Å². The summed E-state index contributed by atoms with van der Waals surface area (Å²) in [6.45, 7) is 6.06. The van der Waals surface area contributed by atoms with Gasteiger partial charge in [0, 0.05) is 23.2 Å². The highest BCUT2D eigenvalue weighted by Crippen LogP contribution is 2.31. The molecule has 0 aliphatic carbocycles. The second kappa shape index (κ2) is 7.72. The van der Waals surface area contributed by atoms with Gasteiger partial charge in [-0.2, -0.15) is 5.10 Å². The van der Waals surface area contributed by atoms with Crippen LogP contribution in [0.1, 0.15) is 18.2 Å². The van der Waals surface area contributed by atoms with E-state index in [1.54, 1.807) is 35.1 Å². The van der Waals surface area contributed by atoms with E-state index in [4.69, 9.17) is 0 Å². The largest absolute Gasteiger partial charge is 0.317 e. The normalized spacial score (nSPS) is 14.3. The van der Waals surface area contributed by atoms with Crippen molar-refractivity contribution in [3.63, 3.8) is 0 Å². The standard InChI is InChI=1S/C24H19F2N3/c1-3-23(18-6-8-20(25)9-7-18)28-16-19(5-4-17(28)2)24-14-15-27-29(24)22-12-10-21(26)11-13-22/h3-16H,2H2,1H3/b23-3-. The average Bonchev–Trinajstić information content (AvgIpc) is 3.21. The minimum absolute atomic E-state index is 0.277. The molecule has 0 fully saturated rings. The molecule has 0 radical (unpaired) electrons. The Morgan fingerprint density at radius 3 is 2.24 bits per heavy atom. The maximum Gasteiger partial charge on any atom is 0.123 e. The van der Waals surface area contributed by atoms with Crippen molar-refractivity contribution in [3.8, 4) is 5.69 Å². The summed E-state index contributed by atoms with van der Waals surface area (Å²) in [5.74, 6) is -0.570. The van der Waals surface area contributed by atoms with Crippen LogP contribution in [0.2, 0.25) is 0 Å². The summed E-state index contributed by atoms with van der Waals surface area (Å²) in [7, 11) is 0. The Kier molecular flexibility index (Phi) is 4.96. The number of halogens is 2. The van der Waals surface area contributed by atoms with E-state index in [9.17, 15) is 8.78 Å². The van der Waals surface area contributed by atoms with Gasteiger partial charge in [-0.05, 0) is 79.2 Å². The Labute approximate surface area is 168 Å². The molecule has 3 aromatic rings. The molecule has 29 heavy (non-hydrogen) atoms. The molecule has 3 nitrogen and oxygen atoms in total. The van der Waals surface area contributed by atoms with E-state index >= 15 is 0 Å². The van der Waals surface area contributed by atoms with Crippen LogP contribution in [0.4, 0.5) is 8.78 Å². The average molecular weight is 387 g/mol. The topological polar surface area (TPSA) is 21.1 Å². The molecule has 0 amide bonds. The lowest BCUT2D eigenvalue weighted by atomic mass is 10.1. The van der Waals surface area contributed by atoms with Crippen molar-refractivity contribution in [2.24, 2.45) is 0 Å². The van der Waals surface area contributed by atoms with Gasteiger partial charge in [-0.3, -0.25) is 0 Å². The maximum absolute atomic E-state index is 13.3. The minimum atomic E-state index is -0.293. The Balaban J connectivity index is 1.73. The molecule has 0 bridgehead atoms. The lowest BCUT2D eigenvalue weighted by Crippen LogP contribution is -2.17. The number of allylic oxidation sites excluding steroid dienone is 4. The van der Waals surface area contributed by atoms with Crippen molar-refractivity contribution in [2.45, 2.75) is 6.92 Å². The summed E-state index contributed by atoms with van der Waals surface area (Å²) in [5.41, 5.74) is 5.11. The van der Waals surface area contributed by atoms with E-state index < -0.39 is 0 Å². The Bertz CT molecular complexity index is 1130. The number of hydrogen-bond donors (Lipinski definition) is 0. The Hall–Kier alpha value is -3.73. The molecular formula is C24H19F2N3. The molecule has 1 aliphatic rings.